The molecule has 1 heterocycles. The van der Waals surface area contributed by atoms with E-state index in [1.807, 2.05) is 12.3 Å². The van der Waals surface area contributed by atoms with Crippen molar-refractivity contribution in [2.45, 2.75) is 39.0 Å². The van der Waals surface area contributed by atoms with Crippen LogP contribution in [0.1, 0.15) is 31.9 Å². The molecule has 0 aliphatic heterocycles. The van der Waals surface area contributed by atoms with Gasteiger partial charge in [-0.25, -0.2) is 0 Å². The molecule has 1 aromatic heterocycles. The maximum absolute atomic E-state index is 4.60. The highest BCUT2D eigenvalue weighted by Crippen LogP contribution is 2.50. The number of hydrogen-bond acceptors (Lipinski definition) is 1. The second-order valence-corrected chi connectivity index (χ2v) is 8.84. The van der Waals surface area contributed by atoms with Crippen molar-refractivity contribution in [3.05, 3.63) is 59.8 Å². The zero-order valence-electron chi connectivity index (χ0n) is 12.2. The lowest BCUT2D eigenvalue weighted by Crippen LogP contribution is -2.22. The predicted octanol–water partition coefficient (Wildman–Crippen LogP) is 4.50. The molecule has 2 aromatic rings. The molecule has 1 unspecified atom stereocenters. The molecule has 0 bridgehead atoms. The summed E-state index contributed by atoms with van der Waals surface area (Å²) in [6.07, 6.45) is 3.02. The Bertz CT molecular complexity index is 528. The smallest absolute Gasteiger partial charge is 0.0639 e. The van der Waals surface area contributed by atoms with Crippen molar-refractivity contribution in [2.24, 2.45) is 0 Å². The Balaban J connectivity index is 2.33. The van der Waals surface area contributed by atoms with Crippen molar-refractivity contribution in [1.29, 1.82) is 0 Å². The highest BCUT2D eigenvalue weighted by molar-refractivity contribution is 7.66. The molecule has 1 nitrogen and oxygen atoms in total. The van der Waals surface area contributed by atoms with Gasteiger partial charge in [-0.15, -0.1) is 0 Å². The monoisotopic (exact) mass is 271 g/mol. The van der Waals surface area contributed by atoms with Crippen molar-refractivity contribution in [3.8, 4) is 0 Å². The Hall–Kier alpha value is -1.20. The Morgan fingerprint density at radius 2 is 1.68 bits per heavy atom. The first kappa shape index (κ1) is 14.2. The summed E-state index contributed by atoms with van der Waals surface area (Å²) < 4.78 is 0. The van der Waals surface area contributed by atoms with E-state index >= 15 is 0 Å². The summed E-state index contributed by atoms with van der Waals surface area (Å²) in [5.41, 5.74) is 4.10. The van der Waals surface area contributed by atoms with Crippen molar-refractivity contribution in [1.82, 2.24) is 4.98 Å². The van der Waals surface area contributed by atoms with E-state index in [0.717, 1.165) is 6.16 Å². The second kappa shape index (κ2) is 5.84. The fourth-order valence-corrected chi connectivity index (χ4v) is 4.62. The maximum atomic E-state index is 4.60. The molecule has 0 fully saturated rings. The molecule has 0 N–H and O–H groups in total. The number of rotatable bonds is 3. The Labute approximate surface area is 117 Å². The zero-order valence-corrected chi connectivity index (χ0v) is 13.1. The Kier molecular flexibility index (Phi) is 4.37. The summed E-state index contributed by atoms with van der Waals surface area (Å²) in [6.45, 7) is 9.17. The number of benzene rings is 1. The molecule has 0 radical (unpaired) electrons. The first-order valence-corrected chi connectivity index (χ1v) is 8.24. The van der Waals surface area contributed by atoms with Gasteiger partial charge in [0, 0.05) is 6.20 Å². The van der Waals surface area contributed by atoms with Crippen LogP contribution < -0.4 is 5.44 Å². The quantitative estimate of drug-likeness (QED) is 0.749. The third kappa shape index (κ3) is 3.64. The molecule has 0 amide bonds. The molecule has 100 valence electrons. The van der Waals surface area contributed by atoms with Crippen LogP contribution in [0.5, 0.6) is 0 Å². The summed E-state index contributed by atoms with van der Waals surface area (Å²) in [7, 11) is -0.300. The molecule has 0 aliphatic carbocycles. The molecule has 2 heteroatoms. The van der Waals surface area contributed by atoms with Crippen LogP contribution in [0.25, 0.3) is 0 Å². The molecule has 0 saturated carbocycles. The van der Waals surface area contributed by atoms with Crippen LogP contribution in [-0.2, 0) is 6.16 Å². The summed E-state index contributed by atoms with van der Waals surface area (Å²) >= 11 is 0. The van der Waals surface area contributed by atoms with E-state index in [1.54, 1.807) is 0 Å². The first-order valence-electron chi connectivity index (χ1n) is 6.71. The van der Waals surface area contributed by atoms with Crippen LogP contribution in [0.4, 0.5) is 0 Å². The maximum Gasteiger partial charge on any atom is 0.0639 e. The van der Waals surface area contributed by atoms with Crippen LogP contribution in [-0.4, -0.2) is 10.1 Å². The molecule has 2 rings (SSSR count). The lowest BCUT2D eigenvalue weighted by molar-refractivity contribution is 0.784. The number of pyridine rings is 1. The number of hydrogen-bond donors (Lipinski definition) is 0. The normalized spacial score (nSPS) is 13.3. The van der Waals surface area contributed by atoms with E-state index in [0.29, 0.717) is 0 Å². The molecule has 0 spiro atoms. The van der Waals surface area contributed by atoms with Crippen LogP contribution in [0.15, 0.2) is 48.7 Å². The van der Waals surface area contributed by atoms with E-state index in [-0.39, 0.29) is 13.1 Å². The van der Waals surface area contributed by atoms with Gasteiger partial charge in [-0.1, -0.05) is 51.1 Å². The van der Waals surface area contributed by atoms with Gasteiger partial charge in [-0.3, -0.25) is 4.98 Å². The number of aryl methyl sites for hydroxylation is 1. The van der Waals surface area contributed by atoms with Gasteiger partial charge in [-0.2, -0.15) is 0 Å². The van der Waals surface area contributed by atoms with Gasteiger partial charge >= 0.3 is 0 Å². The van der Waals surface area contributed by atoms with E-state index < -0.39 is 0 Å². The van der Waals surface area contributed by atoms with Gasteiger partial charge in [0.1, 0.15) is 0 Å². The summed E-state index contributed by atoms with van der Waals surface area (Å²) in [5.74, 6) is 0. The van der Waals surface area contributed by atoms with Crippen LogP contribution in [0.2, 0.25) is 0 Å². The largest absolute Gasteiger partial charge is 0.257 e. The van der Waals surface area contributed by atoms with Gasteiger partial charge in [0.25, 0.3) is 0 Å². The Morgan fingerprint density at radius 1 is 1.00 bits per heavy atom. The van der Waals surface area contributed by atoms with E-state index in [4.69, 9.17) is 0 Å². The Morgan fingerprint density at radius 3 is 2.26 bits per heavy atom. The number of aromatic nitrogens is 1. The topological polar surface area (TPSA) is 12.9 Å². The van der Waals surface area contributed by atoms with E-state index in [1.165, 1.54) is 16.6 Å². The average Bonchev–Trinajstić information content (AvgIpc) is 2.37. The standard InChI is InChI=1S/C17H22NP/c1-14-9-5-6-10-15(14)13-19(17(2,3)4)16-11-7-8-12-18-16/h5-12H,13H2,1-4H3. The molecule has 1 aromatic carbocycles. The molecule has 0 saturated heterocycles. The fourth-order valence-electron chi connectivity index (χ4n) is 2.13. The highest BCUT2D eigenvalue weighted by Gasteiger charge is 2.27. The van der Waals surface area contributed by atoms with Crippen molar-refractivity contribution < 1.29 is 0 Å². The van der Waals surface area contributed by atoms with Gasteiger partial charge in [-0.05, 0) is 49.4 Å². The van der Waals surface area contributed by atoms with Crippen LogP contribution >= 0.6 is 7.92 Å². The van der Waals surface area contributed by atoms with Crippen LogP contribution in [0.3, 0.4) is 0 Å². The van der Waals surface area contributed by atoms with E-state index in [9.17, 15) is 0 Å². The van der Waals surface area contributed by atoms with Crippen LogP contribution in [0, 0.1) is 6.92 Å². The fraction of sp³-hybridized carbons (Fsp3) is 0.353. The van der Waals surface area contributed by atoms with Gasteiger partial charge < -0.3 is 0 Å². The molecule has 1 atom stereocenters. The van der Waals surface area contributed by atoms with Crippen molar-refractivity contribution in [3.63, 3.8) is 0 Å². The molecule has 0 aliphatic rings. The molecular formula is C17H22NP. The summed E-state index contributed by atoms with van der Waals surface area (Å²) in [4.78, 5) is 4.60. The first-order chi connectivity index (χ1) is 8.98. The predicted molar refractivity (Wildman–Crippen MR) is 85.4 cm³/mol. The summed E-state index contributed by atoms with van der Waals surface area (Å²) in [6, 6.07) is 15.0. The van der Waals surface area contributed by atoms with E-state index in [2.05, 4.69) is 69.1 Å². The summed E-state index contributed by atoms with van der Waals surface area (Å²) in [5, 5.41) is 0.270. The van der Waals surface area contributed by atoms with Gasteiger partial charge in [0.2, 0.25) is 0 Å². The minimum absolute atomic E-state index is 0.270. The third-order valence-corrected chi connectivity index (χ3v) is 6.42. The molecule has 19 heavy (non-hydrogen) atoms. The SMILES string of the molecule is Cc1ccccc1CP(c1ccccn1)C(C)(C)C. The lowest BCUT2D eigenvalue weighted by Gasteiger charge is -2.31. The highest BCUT2D eigenvalue weighted by atomic mass is 31.1. The van der Waals surface area contributed by atoms with Gasteiger partial charge in [0.15, 0.2) is 0 Å². The van der Waals surface area contributed by atoms with Crippen molar-refractivity contribution in [2.75, 3.05) is 0 Å². The van der Waals surface area contributed by atoms with Gasteiger partial charge in [0.05, 0.1) is 5.44 Å². The second-order valence-electron chi connectivity index (χ2n) is 5.87. The zero-order chi connectivity index (χ0) is 13.9. The third-order valence-electron chi connectivity index (χ3n) is 3.33. The average molecular weight is 271 g/mol. The molecular weight excluding hydrogens is 249 g/mol. The lowest BCUT2D eigenvalue weighted by atomic mass is 10.1. The van der Waals surface area contributed by atoms with Crippen molar-refractivity contribution >= 4 is 13.4 Å². The minimum atomic E-state index is -0.300. The number of nitrogens with zero attached hydrogens (tertiary/aromatic N) is 1. The minimum Gasteiger partial charge on any atom is -0.257 e.